The summed E-state index contributed by atoms with van der Waals surface area (Å²) in [4.78, 5) is 0. The van der Waals surface area contributed by atoms with E-state index in [0.717, 1.165) is 5.92 Å². The van der Waals surface area contributed by atoms with Crippen LogP contribution in [-0.2, 0) is 0 Å². The zero-order valence-electron chi connectivity index (χ0n) is 8.71. The minimum absolute atomic E-state index is 0.690. The normalized spacial score (nSPS) is 24.9. The number of nitrogens with one attached hydrogen (secondary N) is 1. The molecule has 2 unspecified atom stereocenters. The van der Waals surface area contributed by atoms with Gasteiger partial charge in [-0.15, -0.1) is 0 Å². The van der Waals surface area contributed by atoms with E-state index in [9.17, 15) is 0 Å². The number of rotatable bonds is 6. The maximum atomic E-state index is 3.63. The maximum Gasteiger partial charge on any atom is 0.0130 e. The van der Waals surface area contributed by atoms with E-state index in [0.29, 0.717) is 6.04 Å². The maximum absolute atomic E-state index is 3.63. The molecular weight excluding hydrogens is 198 g/mol. The van der Waals surface area contributed by atoms with Gasteiger partial charge >= 0.3 is 0 Å². The molecule has 0 amide bonds. The molecule has 2 atom stereocenters. The molecule has 0 spiro atoms. The fourth-order valence-corrected chi connectivity index (χ4v) is 3.46. The molecule has 0 radical (unpaired) electrons. The van der Waals surface area contributed by atoms with E-state index >= 15 is 0 Å². The van der Waals surface area contributed by atoms with Crippen molar-refractivity contribution in [2.75, 3.05) is 29.6 Å². The summed E-state index contributed by atoms with van der Waals surface area (Å²) in [5.74, 6) is 6.20. The molecule has 78 valence electrons. The second-order valence-electron chi connectivity index (χ2n) is 3.70. The lowest BCUT2D eigenvalue weighted by Gasteiger charge is -2.15. The van der Waals surface area contributed by atoms with E-state index in [-0.39, 0.29) is 0 Å². The lowest BCUT2D eigenvalue weighted by molar-refractivity contribution is 0.488. The topological polar surface area (TPSA) is 12.0 Å². The monoisotopic (exact) mass is 219 g/mol. The summed E-state index contributed by atoms with van der Waals surface area (Å²) in [6.45, 7) is 5.76. The first-order chi connectivity index (χ1) is 6.33. The van der Waals surface area contributed by atoms with Crippen LogP contribution in [0.25, 0.3) is 0 Å². The van der Waals surface area contributed by atoms with Gasteiger partial charge in [-0.2, -0.15) is 23.5 Å². The molecule has 1 heterocycles. The predicted octanol–water partition coefficient (Wildman–Crippen LogP) is 2.47. The molecule has 13 heavy (non-hydrogen) atoms. The van der Waals surface area contributed by atoms with Gasteiger partial charge in [0.05, 0.1) is 0 Å². The lowest BCUT2D eigenvalue weighted by atomic mass is 10.1. The molecule has 0 bridgehead atoms. The summed E-state index contributed by atoms with van der Waals surface area (Å²) in [7, 11) is 0. The third-order valence-electron chi connectivity index (χ3n) is 2.35. The first kappa shape index (κ1) is 11.7. The van der Waals surface area contributed by atoms with Crippen molar-refractivity contribution < 1.29 is 0 Å². The van der Waals surface area contributed by atoms with E-state index < -0.39 is 0 Å². The highest BCUT2D eigenvalue weighted by molar-refractivity contribution is 7.99. The summed E-state index contributed by atoms with van der Waals surface area (Å²) in [6, 6.07) is 0.690. The quantitative estimate of drug-likeness (QED) is 0.737. The van der Waals surface area contributed by atoms with Gasteiger partial charge in [0.15, 0.2) is 0 Å². The van der Waals surface area contributed by atoms with Crippen LogP contribution >= 0.6 is 23.5 Å². The highest BCUT2D eigenvalue weighted by atomic mass is 32.2. The van der Waals surface area contributed by atoms with Crippen LogP contribution in [0.15, 0.2) is 0 Å². The summed E-state index contributed by atoms with van der Waals surface area (Å²) in [5.41, 5.74) is 0. The second kappa shape index (κ2) is 7.02. The van der Waals surface area contributed by atoms with Crippen LogP contribution in [0.2, 0.25) is 0 Å². The van der Waals surface area contributed by atoms with Gasteiger partial charge in [-0.25, -0.2) is 0 Å². The Hall–Kier alpha value is 0.660. The minimum atomic E-state index is 0.690. The molecular formula is C10H21NS2. The van der Waals surface area contributed by atoms with E-state index in [1.165, 1.54) is 36.0 Å². The average Bonchev–Trinajstić information content (AvgIpc) is 2.64. The van der Waals surface area contributed by atoms with Crippen molar-refractivity contribution in [1.82, 2.24) is 5.32 Å². The Labute approximate surface area is 90.8 Å². The van der Waals surface area contributed by atoms with Crippen molar-refractivity contribution in [3.05, 3.63) is 0 Å². The molecule has 0 aromatic carbocycles. The van der Waals surface area contributed by atoms with Gasteiger partial charge in [0.25, 0.3) is 0 Å². The molecule has 1 rings (SSSR count). The van der Waals surface area contributed by atoms with Crippen LogP contribution in [0.4, 0.5) is 0 Å². The molecule has 1 nitrogen and oxygen atoms in total. The highest BCUT2D eigenvalue weighted by Gasteiger charge is 2.15. The van der Waals surface area contributed by atoms with Crippen molar-refractivity contribution in [3.63, 3.8) is 0 Å². The SMILES string of the molecule is CCSCC(C)NCC1CCSC1. The summed E-state index contributed by atoms with van der Waals surface area (Å²) in [5, 5.41) is 3.63. The van der Waals surface area contributed by atoms with Gasteiger partial charge in [0, 0.05) is 11.8 Å². The Kier molecular flexibility index (Phi) is 6.33. The fraction of sp³-hybridized carbons (Fsp3) is 1.00. The summed E-state index contributed by atoms with van der Waals surface area (Å²) < 4.78 is 0. The standard InChI is InChI=1S/C10H21NS2/c1-3-12-7-9(2)11-6-10-4-5-13-8-10/h9-11H,3-8H2,1-2H3. The molecule has 1 aliphatic heterocycles. The van der Waals surface area contributed by atoms with E-state index in [4.69, 9.17) is 0 Å². The largest absolute Gasteiger partial charge is 0.313 e. The smallest absolute Gasteiger partial charge is 0.0130 e. The molecule has 0 saturated carbocycles. The molecule has 1 aliphatic rings. The van der Waals surface area contributed by atoms with Gasteiger partial charge in [-0.3, -0.25) is 0 Å². The average molecular weight is 219 g/mol. The van der Waals surface area contributed by atoms with Gasteiger partial charge in [-0.1, -0.05) is 6.92 Å². The van der Waals surface area contributed by atoms with Gasteiger partial charge in [0.2, 0.25) is 0 Å². The molecule has 1 N–H and O–H groups in total. The minimum Gasteiger partial charge on any atom is -0.313 e. The van der Waals surface area contributed by atoms with Crippen molar-refractivity contribution in [2.45, 2.75) is 26.3 Å². The molecule has 3 heteroatoms. The van der Waals surface area contributed by atoms with Crippen molar-refractivity contribution in [2.24, 2.45) is 5.92 Å². The van der Waals surface area contributed by atoms with Crippen LogP contribution in [0.3, 0.4) is 0 Å². The van der Waals surface area contributed by atoms with Crippen molar-refractivity contribution in [3.8, 4) is 0 Å². The van der Waals surface area contributed by atoms with Gasteiger partial charge < -0.3 is 5.32 Å². The second-order valence-corrected chi connectivity index (χ2v) is 6.17. The van der Waals surface area contributed by atoms with E-state index in [1.54, 1.807) is 0 Å². The summed E-state index contributed by atoms with van der Waals surface area (Å²) >= 11 is 4.14. The van der Waals surface area contributed by atoms with Crippen LogP contribution in [0.1, 0.15) is 20.3 Å². The van der Waals surface area contributed by atoms with Crippen molar-refractivity contribution in [1.29, 1.82) is 0 Å². The van der Waals surface area contributed by atoms with Crippen molar-refractivity contribution >= 4 is 23.5 Å². The number of hydrogen-bond acceptors (Lipinski definition) is 3. The zero-order valence-corrected chi connectivity index (χ0v) is 10.3. The van der Waals surface area contributed by atoms with Crippen LogP contribution < -0.4 is 5.32 Å². The molecule has 0 aromatic rings. The first-order valence-electron chi connectivity index (χ1n) is 5.21. The Morgan fingerprint density at radius 2 is 2.46 bits per heavy atom. The third-order valence-corrected chi connectivity index (χ3v) is 4.73. The summed E-state index contributed by atoms with van der Waals surface area (Å²) in [6.07, 6.45) is 1.42. The lowest BCUT2D eigenvalue weighted by Crippen LogP contribution is -2.32. The van der Waals surface area contributed by atoms with Crippen LogP contribution in [0.5, 0.6) is 0 Å². The highest BCUT2D eigenvalue weighted by Crippen LogP contribution is 2.22. The van der Waals surface area contributed by atoms with Gasteiger partial charge in [-0.05, 0) is 43.1 Å². The molecule has 1 saturated heterocycles. The Morgan fingerprint density at radius 3 is 3.08 bits per heavy atom. The Bertz CT molecular complexity index is 124. The third kappa shape index (κ3) is 5.18. The van der Waals surface area contributed by atoms with E-state index in [2.05, 4.69) is 30.9 Å². The molecule has 0 aliphatic carbocycles. The fourth-order valence-electron chi connectivity index (χ4n) is 1.47. The first-order valence-corrected chi connectivity index (χ1v) is 7.52. The van der Waals surface area contributed by atoms with Gasteiger partial charge in [0.1, 0.15) is 0 Å². The van der Waals surface area contributed by atoms with E-state index in [1.807, 2.05) is 11.8 Å². The molecule has 1 fully saturated rings. The van der Waals surface area contributed by atoms with Crippen LogP contribution in [0, 0.1) is 5.92 Å². The Morgan fingerprint density at radius 1 is 1.62 bits per heavy atom. The molecule has 0 aromatic heterocycles. The van der Waals surface area contributed by atoms with Crippen LogP contribution in [-0.4, -0.2) is 35.6 Å². The zero-order chi connectivity index (χ0) is 9.52. The number of thioether (sulfide) groups is 2. The predicted molar refractivity (Wildman–Crippen MR) is 65.9 cm³/mol. The Balaban J connectivity index is 1.97. The number of hydrogen-bond donors (Lipinski definition) is 1.